The second-order valence-corrected chi connectivity index (χ2v) is 2.64. The lowest BCUT2D eigenvalue weighted by Crippen LogP contribution is -2.42. The number of piperidine rings is 1. The van der Waals surface area contributed by atoms with E-state index in [-0.39, 0.29) is 12.4 Å². The fourth-order valence-corrected chi connectivity index (χ4v) is 1.21. The fourth-order valence-electron chi connectivity index (χ4n) is 1.21. The van der Waals surface area contributed by atoms with E-state index in [2.05, 4.69) is 10.1 Å². The Bertz CT molecular complexity index is 156. The fraction of sp³-hybridized carbons (Fsp3) is 0.857. The van der Waals surface area contributed by atoms with Crippen LogP contribution >= 0.6 is 12.4 Å². The largest absolute Gasteiger partial charge is 0.469 e. The monoisotopic (exact) mass is 197 g/mol. The molecule has 0 aliphatic carbocycles. The first kappa shape index (κ1) is 11.6. The predicted octanol–water partition coefficient (Wildman–Crippen LogP) is 0.529. The van der Waals surface area contributed by atoms with Crippen LogP contribution in [0.25, 0.3) is 0 Å². The van der Waals surface area contributed by atoms with Crippen molar-refractivity contribution in [3.8, 4) is 0 Å². The van der Waals surface area contributed by atoms with E-state index in [1.165, 1.54) is 7.11 Å². The van der Waals surface area contributed by atoms with E-state index < -0.39 is 18.1 Å². The van der Waals surface area contributed by atoms with Gasteiger partial charge in [0.05, 0.1) is 7.11 Å². The number of esters is 1. The molecule has 0 bridgehead atoms. The van der Waals surface area contributed by atoms with Crippen LogP contribution in [-0.4, -0.2) is 32.3 Å². The number of nitrogens with one attached hydrogen (secondary N) is 1. The van der Waals surface area contributed by atoms with Gasteiger partial charge in [-0.2, -0.15) is 0 Å². The highest BCUT2D eigenvalue weighted by Gasteiger charge is 2.31. The topological polar surface area (TPSA) is 38.3 Å². The van der Waals surface area contributed by atoms with Gasteiger partial charge in [0.25, 0.3) is 0 Å². The van der Waals surface area contributed by atoms with Crippen molar-refractivity contribution in [3.63, 3.8) is 0 Å². The van der Waals surface area contributed by atoms with Gasteiger partial charge in [0.2, 0.25) is 0 Å². The zero-order valence-corrected chi connectivity index (χ0v) is 7.70. The third-order valence-electron chi connectivity index (χ3n) is 1.90. The van der Waals surface area contributed by atoms with Gasteiger partial charge in [-0.1, -0.05) is 0 Å². The summed E-state index contributed by atoms with van der Waals surface area (Å²) in [4.78, 5) is 10.9. The molecule has 1 aliphatic heterocycles. The molecule has 1 aliphatic rings. The molecule has 5 heteroatoms. The number of halogens is 2. The lowest BCUT2D eigenvalue weighted by Gasteiger charge is -2.24. The SMILES string of the molecule is COC(=O)C1CNCCC1F.Cl. The minimum atomic E-state index is -1.04. The van der Waals surface area contributed by atoms with Gasteiger partial charge in [-0.15, -0.1) is 12.4 Å². The van der Waals surface area contributed by atoms with E-state index in [0.29, 0.717) is 19.5 Å². The number of alkyl halides is 1. The quantitative estimate of drug-likeness (QED) is 0.624. The number of methoxy groups -OCH3 is 1. The summed E-state index contributed by atoms with van der Waals surface area (Å²) >= 11 is 0. The predicted molar refractivity (Wildman–Crippen MR) is 45.1 cm³/mol. The highest BCUT2D eigenvalue weighted by atomic mass is 35.5. The van der Waals surface area contributed by atoms with Crippen LogP contribution in [0.5, 0.6) is 0 Å². The molecule has 0 amide bonds. The van der Waals surface area contributed by atoms with Crippen LogP contribution in [0.3, 0.4) is 0 Å². The zero-order valence-electron chi connectivity index (χ0n) is 6.88. The molecule has 1 N–H and O–H groups in total. The van der Waals surface area contributed by atoms with Crippen LogP contribution in [-0.2, 0) is 9.53 Å². The molecular formula is C7H13ClFNO2. The van der Waals surface area contributed by atoms with Crippen molar-refractivity contribution in [1.82, 2.24) is 5.32 Å². The molecule has 0 aromatic heterocycles. The molecule has 2 unspecified atom stereocenters. The van der Waals surface area contributed by atoms with Crippen molar-refractivity contribution in [2.75, 3.05) is 20.2 Å². The van der Waals surface area contributed by atoms with Crippen LogP contribution in [0, 0.1) is 5.92 Å². The number of hydrogen-bond donors (Lipinski definition) is 1. The minimum absolute atomic E-state index is 0. The van der Waals surface area contributed by atoms with Crippen LogP contribution in [0.4, 0.5) is 4.39 Å². The smallest absolute Gasteiger partial charge is 0.312 e. The van der Waals surface area contributed by atoms with Crippen molar-refractivity contribution in [2.45, 2.75) is 12.6 Å². The molecule has 1 fully saturated rings. The molecule has 0 aromatic carbocycles. The van der Waals surface area contributed by atoms with Crippen molar-refractivity contribution in [2.24, 2.45) is 5.92 Å². The Balaban J connectivity index is 0.00000121. The molecule has 3 nitrogen and oxygen atoms in total. The first-order chi connectivity index (χ1) is 5.25. The van der Waals surface area contributed by atoms with Crippen molar-refractivity contribution >= 4 is 18.4 Å². The third-order valence-corrected chi connectivity index (χ3v) is 1.90. The first-order valence-electron chi connectivity index (χ1n) is 3.68. The van der Waals surface area contributed by atoms with Crippen molar-refractivity contribution < 1.29 is 13.9 Å². The number of hydrogen-bond acceptors (Lipinski definition) is 3. The van der Waals surface area contributed by atoms with E-state index in [1.807, 2.05) is 0 Å². The van der Waals surface area contributed by atoms with Gasteiger partial charge in [0.15, 0.2) is 0 Å². The highest BCUT2D eigenvalue weighted by molar-refractivity contribution is 5.85. The van der Waals surface area contributed by atoms with Gasteiger partial charge in [0.1, 0.15) is 12.1 Å². The molecule has 0 spiro atoms. The molecule has 0 saturated carbocycles. The van der Waals surface area contributed by atoms with E-state index in [9.17, 15) is 9.18 Å². The Labute approximate surface area is 77.1 Å². The standard InChI is InChI=1S/C7H12FNO2.ClH/c1-11-7(10)5-4-9-3-2-6(5)8;/h5-6,9H,2-4H2,1H3;1H. The Kier molecular flexibility index (Phi) is 5.17. The summed E-state index contributed by atoms with van der Waals surface area (Å²) in [6.45, 7) is 1.04. The molecule has 1 saturated heterocycles. The Morgan fingerprint density at radius 1 is 1.67 bits per heavy atom. The molecule has 1 heterocycles. The summed E-state index contributed by atoms with van der Waals surface area (Å²) in [5, 5.41) is 2.94. The van der Waals surface area contributed by atoms with E-state index >= 15 is 0 Å². The lowest BCUT2D eigenvalue weighted by molar-refractivity contribution is -0.148. The molecule has 12 heavy (non-hydrogen) atoms. The Morgan fingerprint density at radius 3 is 2.83 bits per heavy atom. The first-order valence-corrected chi connectivity index (χ1v) is 3.68. The highest BCUT2D eigenvalue weighted by Crippen LogP contribution is 2.15. The summed E-state index contributed by atoms with van der Waals surface area (Å²) in [7, 11) is 1.28. The molecule has 0 radical (unpaired) electrons. The normalized spacial score (nSPS) is 28.8. The Hall–Kier alpha value is -0.350. The second kappa shape index (κ2) is 5.32. The van der Waals surface area contributed by atoms with Crippen LogP contribution in [0.2, 0.25) is 0 Å². The second-order valence-electron chi connectivity index (χ2n) is 2.64. The maximum absolute atomic E-state index is 12.9. The van der Waals surface area contributed by atoms with Gasteiger partial charge >= 0.3 is 5.97 Å². The van der Waals surface area contributed by atoms with Gasteiger partial charge in [-0.05, 0) is 13.0 Å². The summed E-state index contributed by atoms with van der Waals surface area (Å²) in [6, 6.07) is 0. The number of carbonyl (C=O) groups is 1. The number of rotatable bonds is 1. The van der Waals surface area contributed by atoms with E-state index in [1.54, 1.807) is 0 Å². The third kappa shape index (κ3) is 2.60. The van der Waals surface area contributed by atoms with Gasteiger partial charge in [0, 0.05) is 6.54 Å². The van der Waals surface area contributed by atoms with E-state index in [0.717, 1.165) is 0 Å². The van der Waals surface area contributed by atoms with Crippen LogP contribution in [0.1, 0.15) is 6.42 Å². The maximum Gasteiger partial charge on any atom is 0.312 e. The Morgan fingerprint density at radius 2 is 2.33 bits per heavy atom. The number of ether oxygens (including phenoxy) is 1. The molecule has 2 atom stereocenters. The molecule has 1 rings (SSSR count). The maximum atomic E-state index is 12.9. The summed E-state index contributed by atoms with van der Waals surface area (Å²) < 4.78 is 17.4. The van der Waals surface area contributed by atoms with E-state index in [4.69, 9.17) is 0 Å². The summed E-state index contributed by atoms with van der Waals surface area (Å²) in [5.41, 5.74) is 0. The summed E-state index contributed by atoms with van der Waals surface area (Å²) in [5.74, 6) is -1.06. The molecular weight excluding hydrogens is 185 g/mol. The minimum Gasteiger partial charge on any atom is -0.469 e. The van der Waals surface area contributed by atoms with Crippen LogP contribution < -0.4 is 5.32 Å². The van der Waals surface area contributed by atoms with Gasteiger partial charge < -0.3 is 10.1 Å². The van der Waals surface area contributed by atoms with Crippen molar-refractivity contribution in [1.29, 1.82) is 0 Å². The lowest BCUT2D eigenvalue weighted by atomic mass is 9.98. The zero-order chi connectivity index (χ0) is 8.27. The molecule has 72 valence electrons. The van der Waals surface area contributed by atoms with Gasteiger partial charge in [-0.25, -0.2) is 4.39 Å². The summed E-state index contributed by atoms with van der Waals surface area (Å²) in [6.07, 6.45) is -0.636. The average molecular weight is 198 g/mol. The number of carbonyl (C=O) groups excluding carboxylic acids is 1. The average Bonchev–Trinajstić information content (AvgIpc) is 2.04. The van der Waals surface area contributed by atoms with Gasteiger partial charge in [-0.3, -0.25) is 4.79 Å². The molecule has 0 aromatic rings. The van der Waals surface area contributed by atoms with Crippen molar-refractivity contribution in [3.05, 3.63) is 0 Å². The van der Waals surface area contributed by atoms with Crippen LogP contribution in [0.15, 0.2) is 0 Å².